The van der Waals surface area contributed by atoms with Gasteiger partial charge in [-0.3, -0.25) is 5.01 Å². The van der Waals surface area contributed by atoms with E-state index >= 15 is 0 Å². The summed E-state index contributed by atoms with van der Waals surface area (Å²) in [5.41, 5.74) is 4.49. The molecule has 2 aliphatic heterocycles. The molecule has 6 nitrogen and oxygen atoms in total. The van der Waals surface area contributed by atoms with Gasteiger partial charge >= 0.3 is 0 Å². The van der Waals surface area contributed by atoms with Crippen LogP contribution in [0.2, 0.25) is 0 Å². The highest BCUT2D eigenvalue weighted by molar-refractivity contribution is 7.19. The van der Waals surface area contributed by atoms with Crippen LogP contribution in [-0.4, -0.2) is 26.9 Å². The Labute approximate surface area is 176 Å². The van der Waals surface area contributed by atoms with Gasteiger partial charge in [-0.15, -0.1) is 11.3 Å². The second-order valence-corrected chi connectivity index (χ2v) is 8.84. The lowest BCUT2D eigenvalue weighted by atomic mass is 9.92. The number of hydrogen-bond donors (Lipinski definition) is 1. The van der Waals surface area contributed by atoms with Crippen LogP contribution in [0.25, 0.3) is 10.2 Å². The Morgan fingerprint density at radius 2 is 2.23 bits per heavy atom. The molecule has 6 rings (SSSR count). The SMILES string of the molecule is Fc1cccc(CN2N=CC3CC(=Nc4ncnc5sc6c(c45)CNC6)CC=C32)c1. The number of nitrogens with one attached hydrogen (secondary N) is 1. The third-order valence-electron chi connectivity index (χ3n) is 5.79. The topological polar surface area (TPSA) is 65.8 Å². The molecule has 1 atom stereocenters. The number of hydrazone groups is 1. The number of rotatable bonds is 3. The summed E-state index contributed by atoms with van der Waals surface area (Å²) in [5, 5.41) is 11.0. The lowest BCUT2D eigenvalue weighted by Crippen LogP contribution is -2.22. The minimum absolute atomic E-state index is 0.207. The van der Waals surface area contributed by atoms with Gasteiger partial charge in [0.1, 0.15) is 17.0 Å². The maximum atomic E-state index is 13.5. The van der Waals surface area contributed by atoms with Gasteiger partial charge in [-0.1, -0.05) is 18.2 Å². The normalized spacial score (nSPS) is 21.4. The highest BCUT2D eigenvalue weighted by atomic mass is 32.1. The molecule has 4 heterocycles. The number of benzene rings is 1. The first-order valence-electron chi connectivity index (χ1n) is 10.0. The van der Waals surface area contributed by atoms with Crippen molar-refractivity contribution in [3.63, 3.8) is 0 Å². The molecule has 0 bridgehead atoms. The van der Waals surface area contributed by atoms with Crippen molar-refractivity contribution in [1.29, 1.82) is 0 Å². The van der Waals surface area contributed by atoms with Gasteiger partial charge in [0, 0.05) is 47.9 Å². The zero-order valence-corrected chi connectivity index (χ0v) is 17.0. The third kappa shape index (κ3) is 3.03. The van der Waals surface area contributed by atoms with E-state index in [1.165, 1.54) is 22.2 Å². The first-order chi connectivity index (χ1) is 14.7. The van der Waals surface area contributed by atoms with E-state index in [2.05, 4.69) is 26.5 Å². The minimum atomic E-state index is -0.217. The van der Waals surface area contributed by atoms with Gasteiger partial charge in [0.25, 0.3) is 0 Å². The average Bonchev–Trinajstić information content (AvgIpc) is 3.43. The van der Waals surface area contributed by atoms with Crippen molar-refractivity contribution in [3.8, 4) is 0 Å². The Morgan fingerprint density at radius 1 is 1.27 bits per heavy atom. The van der Waals surface area contributed by atoms with Crippen LogP contribution in [-0.2, 0) is 19.6 Å². The molecule has 2 aromatic heterocycles. The number of halogens is 1. The zero-order valence-electron chi connectivity index (χ0n) is 16.2. The molecule has 150 valence electrons. The van der Waals surface area contributed by atoms with Gasteiger partial charge in [0.2, 0.25) is 0 Å². The molecule has 0 spiro atoms. The molecule has 0 fully saturated rings. The Bertz CT molecular complexity index is 1240. The molecule has 8 heteroatoms. The van der Waals surface area contributed by atoms with Crippen LogP contribution in [0, 0.1) is 11.7 Å². The summed E-state index contributed by atoms with van der Waals surface area (Å²) in [5.74, 6) is 0.767. The van der Waals surface area contributed by atoms with Crippen LogP contribution in [0.1, 0.15) is 28.8 Å². The Morgan fingerprint density at radius 3 is 3.17 bits per heavy atom. The predicted molar refractivity (Wildman–Crippen MR) is 116 cm³/mol. The van der Waals surface area contributed by atoms with Crippen LogP contribution in [0.3, 0.4) is 0 Å². The van der Waals surface area contributed by atoms with E-state index in [4.69, 9.17) is 4.99 Å². The van der Waals surface area contributed by atoms with Crippen molar-refractivity contribution in [2.75, 3.05) is 0 Å². The number of aliphatic imine (C=N–C) groups is 1. The summed E-state index contributed by atoms with van der Waals surface area (Å²) in [6, 6.07) is 6.69. The van der Waals surface area contributed by atoms with E-state index in [0.717, 1.165) is 53.2 Å². The molecule has 1 N–H and O–H groups in total. The summed E-state index contributed by atoms with van der Waals surface area (Å²) >= 11 is 1.73. The Balaban J connectivity index is 1.27. The van der Waals surface area contributed by atoms with Gasteiger partial charge in [-0.2, -0.15) is 5.10 Å². The van der Waals surface area contributed by atoms with Crippen molar-refractivity contribution in [2.45, 2.75) is 32.5 Å². The molecule has 0 saturated heterocycles. The third-order valence-corrected chi connectivity index (χ3v) is 6.93. The number of aromatic nitrogens is 2. The Kier molecular flexibility index (Phi) is 4.21. The first-order valence-corrected chi connectivity index (χ1v) is 10.8. The molecule has 3 aromatic rings. The van der Waals surface area contributed by atoms with E-state index in [1.54, 1.807) is 29.8 Å². The molecular weight excluding hydrogens is 399 g/mol. The van der Waals surface area contributed by atoms with E-state index in [9.17, 15) is 4.39 Å². The largest absolute Gasteiger partial charge is 0.308 e. The van der Waals surface area contributed by atoms with Crippen molar-refractivity contribution in [3.05, 3.63) is 64.2 Å². The van der Waals surface area contributed by atoms with Gasteiger partial charge in [-0.25, -0.2) is 19.4 Å². The molecule has 1 aliphatic carbocycles. The molecule has 1 unspecified atom stereocenters. The number of allylic oxidation sites excluding steroid dienone is 2. The van der Waals surface area contributed by atoms with Crippen LogP contribution in [0.4, 0.5) is 10.2 Å². The predicted octanol–water partition coefficient (Wildman–Crippen LogP) is 4.30. The Hall–Kier alpha value is -2.97. The first kappa shape index (κ1) is 17.9. The average molecular weight is 419 g/mol. The van der Waals surface area contributed by atoms with Crippen LogP contribution in [0.15, 0.2) is 52.5 Å². The van der Waals surface area contributed by atoms with Gasteiger partial charge in [0.15, 0.2) is 5.82 Å². The minimum Gasteiger partial charge on any atom is -0.308 e. The summed E-state index contributed by atoms with van der Waals surface area (Å²) in [7, 11) is 0. The molecule has 0 radical (unpaired) electrons. The highest BCUT2D eigenvalue weighted by Crippen LogP contribution is 2.38. The van der Waals surface area contributed by atoms with E-state index in [0.29, 0.717) is 6.54 Å². The quantitative estimate of drug-likeness (QED) is 0.689. The van der Waals surface area contributed by atoms with Gasteiger partial charge < -0.3 is 5.32 Å². The molecule has 0 saturated carbocycles. The van der Waals surface area contributed by atoms with E-state index < -0.39 is 0 Å². The summed E-state index contributed by atoms with van der Waals surface area (Å²) in [6.45, 7) is 2.33. The summed E-state index contributed by atoms with van der Waals surface area (Å²) in [4.78, 5) is 16.3. The number of nitrogens with zero attached hydrogens (tertiary/aromatic N) is 5. The van der Waals surface area contributed by atoms with Crippen molar-refractivity contribution in [1.82, 2.24) is 20.3 Å². The second kappa shape index (κ2) is 7.07. The fourth-order valence-electron chi connectivity index (χ4n) is 4.39. The number of hydrogen-bond acceptors (Lipinski definition) is 7. The molecule has 3 aliphatic rings. The smallest absolute Gasteiger partial charge is 0.164 e. The maximum absolute atomic E-state index is 13.5. The van der Waals surface area contributed by atoms with E-state index in [1.807, 2.05) is 17.3 Å². The molecule has 0 amide bonds. The highest BCUT2D eigenvalue weighted by Gasteiger charge is 2.29. The van der Waals surface area contributed by atoms with Crippen LogP contribution in [0.5, 0.6) is 0 Å². The molecule has 1 aromatic carbocycles. The van der Waals surface area contributed by atoms with E-state index in [-0.39, 0.29) is 11.7 Å². The summed E-state index contributed by atoms with van der Waals surface area (Å²) in [6.07, 6.45) is 7.37. The van der Waals surface area contributed by atoms with Gasteiger partial charge in [-0.05, 0) is 29.7 Å². The van der Waals surface area contributed by atoms with Gasteiger partial charge in [0.05, 0.1) is 11.9 Å². The zero-order chi connectivity index (χ0) is 20.1. The van der Waals surface area contributed by atoms with Crippen molar-refractivity contribution in [2.24, 2.45) is 16.0 Å². The lowest BCUT2D eigenvalue weighted by molar-refractivity contribution is 0.354. The fraction of sp³-hybridized carbons (Fsp3) is 0.273. The standard InChI is InChI=1S/C22H19FN6S/c23-15-3-1-2-13(6-15)11-29-18-5-4-16(7-14(18)8-27-29)28-21-20-17-9-24-10-19(17)30-22(20)26-12-25-21/h1-3,5-6,8,12,14,24H,4,7,9-11H2. The van der Waals surface area contributed by atoms with Crippen LogP contribution < -0.4 is 5.32 Å². The van der Waals surface area contributed by atoms with Crippen molar-refractivity contribution < 1.29 is 4.39 Å². The molecule has 30 heavy (non-hydrogen) atoms. The second-order valence-electron chi connectivity index (χ2n) is 7.76. The maximum Gasteiger partial charge on any atom is 0.164 e. The number of thiophene rings is 1. The lowest BCUT2D eigenvalue weighted by Gasteiger charge is -2.24. The molecular formula is C22H19FN6S. The van der Waals surface area contributed by atoms with Crippen molar-refractivity contribution >= 4 is 39.3 Å². The summed E-state index contributed by atoms with van der Waals surface area (Å²) < 4.78 is 13.5. The number of fused-ring (bicyclic) bond motifs is 4. The fourth-order valence-corrected chi connectivity index (χ4v) is 5.51. The van der Waals surface area contributed by atoms with Crippen LogP contribution >= 0.6 is 11.3 Å². The monoisotopic (exact) mass is 418 g/mol.